The van der Waals surface area contributed by atoms with E-state index in [0.717, 1.165) is 4.47 Å². The Morgan fingerprint density at radius 1 is 1.55 bits per heavy atom. The molecule has 0 aliphatic rings. The summed E-state index contributed by atoms with van der Waals surface area (Å²) < 4.78 is 7.56. The van der Waals surface area contributed by atoms with Crippen LogP contribution in [0.15, 0.2) is 22.7 Å². The van der Waals surface area contributed by atoms with E-state index >= 15 is 0 Å². The van der Waals surface area contributed by atoms with E-state index in [4.69, 9.17) is 22.1 Å². The van der Waals surface area contributed by atoms with Crippen molar-refractivity contribution in [3.05, 3.63) is 44.6 Å². The number of carbonyl (C=O) groups excluding carboxylic acids is 1. The maximum Gasteiger partial charge on any atom is 0.338 e. The Labute approximate surface area is 129 Å². The van der Waals surface area contributed by atoms with Gasteiger partial charge < -0.3 is 10.5 Å². The number of hydrogen-bond acceptors (Lipinski definition) is 4. The number of nitrogens with zero attached hydrogens (tertiary/aromatic N) is 2. The standard InChI is InChI=1S/C13H13BrClN3O2/c1-7-12(15)11(18(2)17-7)6-20-13(19)8-3-4-9(14)10(16)5-8/h3-5H,6,16H2,1-2H3. The van der Waals surface area contributed by atoms with E-state index in [0.29, 0.717) is 27.7 Å². The van der Waals surface area contributed by atoms with Gasteiger partial charge in [0.05, 0.1) is 22.0 Å². The lowest BCUT2D eigenvalue weighted by Crippen LogP contribution is -2.08. The van der Waals surface area contributed by atoms with Gasteiger partial charge in [-0.25, -0.2) is 4.79 Å². The molecule has 1 aromatic carbocycles. The lowest BCUT2D eigenvalue weighted by molar-refractivity contribution is 0.0463. The van der Waals surface area contributed by atoms with Crippen LogP contribution in [-0.4, -0.2) is 15.7 Å². The Morgan fingerprint density at radius 2 is 2.25 bits per heavy atom. The van der Waals surface area contributed by atoms with E-state index in [9.17, 15) is 4.79 Å². The van der Waals surface area contributed by atoms with Gasteiger partial charge in [0.1, 0.15) is 6.61 Å². The molecule has 1 aromatic heterocycles. The number of aromatic nitrogens is 2. The number of nitrogens with two attached hydrogens (primary N) is 1. The van der Waals surface area contributed by atoms with Gasteiger partial charge in [-0.2, -0.15) is 5.10 Å². The van der Waals surface area contributed by atoms with E-state index in [-0.39, 0.29) is 6.61 Å². The fraction of sp³-hybridized carbons (Fsp3) is 0.231. The Balaban J connectivity index is 2.10. The Morgan fingerprint density at radius 3 is 2.80 bits per heavy atom. The van der Waals surface area contributed by atoms with E-state index in [1.165, 1.54) is 0 Å². The molecule has 1 heterocycles. The number of nitrogen functional groups attached to an aromatic ring is 1. The highest BCUT2D eigenvalue weighted by atomic mass is 79.9. The van der Waals surface area contributed by atoms with Crippen molar-refractivity contribution >= 4 is 39.2 Å². The van der Waals surface area contributed by atoms with Crippen molar-refractivity contribution < 1.29 is 9.53 Å². The summed E-state index contributed by atoms with van der Waals surface area (Å²) in [5.74, 6) is -0.459. The number of ether oxygens (including phenoxy) is 1. The number of anilines is 1. The third kappa shape index (κ3) is 2.96. The minimum absolute atomic E-state index is 0.0605. The zero-order valence-electron chi connectivity index (χ0n) is 11.0. The van der Waals surface area contributed by atoms with Crippen LogP contribution in [0.4, 0.5) is 5.69 Å². The lowest BCUT2D eigenvalue weighted by atomic mass is 10.2. The number of halogens is 2. The van der Waals surface area contributed by atoms with Crippen LogP contribution in [-0.2, 0) is 18.4 Å². The van der Waals surface area contributed by atoms with Crippen molar-refractivity contribution in [2.24, 2.45) is 7.05 Å². The normalized spacial score (nSPS) is 10.6. The summed E-state index contributed by atoms with van der Waals surface area (Å²) in [6, 6.07) is 4.90. The van der Waals surface area contributed by atoms with Crippen LogP contribution in [0.5, 0.6) is 0 Å². The van der Waals surface area contributed by atoms with Crippen LogP contribution in [0.25, 0.3) is 0 Å². The van der Waals surface area contributed by atoms with Gasteiger partial charge in [0.25, 0.3) is 0 Å². The highest BCUT2D eigenvalue weighted by molar-refractivity contribution is 9.10. The molecule has 0 unspecified atom stereocenters. The van der Waals surface area contributed by atoms with Crippen LogP contribution in [0.3, 0.4) is 0 Å². The number of hydrogen-bond donors (Lipinski definition) is 1. The molecule has 20 heavy (non-hydrogen) atoms. The first-order valence-electron chi connectivity index (χ1n) is 5.80. The van der Waals surface area contributed by atoms with Crippen LogP contribution in [0, 0.1) is 6.92 Å². The Bertz CT molecular complexity index is 670. The Kier molecular flexibility index (Phi) is 4.35. The third-order valence-corrected chi connectivity index (χ3v) is 4.05. The fourth-order valence-corrected chi connectivity index (χ4v) is 2.19. The van der Waals surface area contributed by atoms with Gasteiger partial charge in [0.2, 0.25) is 0 Å². The average Bonchev–Trinajstić information content (AvgIpc) is 2.64. The van der Waals surface area contributed by atoms with E-state index in [2.05, 4.69) is 21.0 Å². The highest BCUT2D eigenvalue weighted by Gasteiger charge is 2.14. The van der Waals surface area contributed by atoms with Crippen LogP contribution in [0.1, 0.15) is 21.7 Å². The quantitative estimate of drug-likeness (QED) is 0.676. The van der Waals surface area contributed by atoms with Gasteiger partial charge in [-0.05, 0) is 41.1 Å². The number of esters is 1. The topological polar surface area (TPSA) is 70.1 Å². The second-order valence-electron chi connectivity index (χ2n) is 4.28. The van der Waals surface area contributed by atoms with Crippen LogP contribution >= 0.6 is 27.5 Å². The molecular formula is C13H13BrClN3O2. The average molecular weight is 359 g/mol. The van der Waals surface area contributed by atoms with E-state index < -0.39 is 5.97 Å². The van der Waals surface area contributed by atoms with Crippen molar-refractivity contribution in [1.29, 1.82) is 0 Å². The predicted molar refractivity (Wildman–Crippen MR) is 80.6 cm³/mol. The van der Waals surface area contributed by atoms with Gasteiger partial charge in [-0.1, -0.05) is 11.6 Å². The van der Waals surface area contributed by atoms with Crippen molar-refractivity contribution in [3.8, 4) is 0 Å². The molecule has 106 valence electrons. The molecule has 0 aliphatic heterocycles. The minimum Gasteiger partial charge on any atom is -0.456 e. The van der Waals surface area contributed by atoms with E-state index in [1.807, 2.05) is 0 Å². The number of carbonyl (C=O) groups is 1. The highest BCUT2D eigenvalue weighted by Crippen LogP contribution is 2.22. The smallest absolute Gasteiger partial charge is 0.338 e. The van der Waals surface area contributed by atoms with Gasteiger partial charge in [0.15, 0.2) is 0 Å². The van der Waals surface area contributed by atoms with Crippen LogP contribution < -0.4 is 5.73 Å². The molecule has 0 spiro atoms. The summed E-state index contributed by atoms with van der Waals surface area (Å²) in [6.45, 7) is 1.86. The summed E-state index contributed by atoms with van der Waals surface area (Å²) in [5, 5.41) is 4.66. The second kappa shape index (κ2) is 5.85. The van der Waals surface area contributed by atoms with Gasteiger partial charge in [0, 0.05) is 17.2 Å². The first-order chi connectivity index (χ1) is 9.40. The zero-order valence-corrected chi connectivity index (χ0v) is 13.3. The van der Waals surface area contributed by atoms with Crippen LogP contribution in [0.2, 0.25) is 5.02 Å². The molecule has 0 saturated heterocycles. The molecule has 2 aromatic rings. The van der Waals surface area contributed by atoms with Gasteiger partial charge in [-0.15, -0.1) is 0 Å². The largest absolute Gasteiger partial charge is 0.456 e. The summed E-state index contributed by atoms with van der Waals surface area (Å²) in [6.07, 6.45) is 0. The maximum atomic E-state index is 11.9. The van der Waals surface area contributed by atoms with Crippen molar-refractivity contribution in [2.45, 2.75) is 13.5 Å². The first-order valence-corrected chi connectivity index (χ1v) is 6.97. The summed E-state index contributed by atoms with van der Waals surface area (Å²) in [5.41, 5.74) is 7.95. The molecular weight excluding hydrogens is 346 g/mol. The molecule has 5 nitrogen and oxygen atoms in total. The molecule has 0 radical (unpaired) electrons. The zero-order chi connectivity index (χ0) is 14.9. The number of rotatable bonds is 3. The molecule has 7 heteroatoms. The maximum absolute atomic E-state index is 11.9. The number of aryl methyl sites for hydroxylation is 2. The number of benzene rings is 1. The molecule has 0 amide bonds. The molecule has 2 rings (SSSR count). The lowest BCUT2D eigenvalue weighted by Gasteiger charge is -2.07. The molecule has 0 fully saturated rings. The van der Waals surface area contributed by atoms with Crippen molar-refractivity contribution in [3.63, 3.8) is 0 Å². The second-order valence-corrected chi connectivity index (χ2v) is 5.51. The first kappa shape index (κ1) is 14.9. The van der Waals surface area contributed by atoms with Crippen molar-refractivity contribution in [1.82, 2.24) is 9.78 Å². The monoisotopic (exact) mass is 357 g/mol. The molecule has 0 atom stereocenters. The molecule has 0 bridgehead atoms. The van der Waals surface area contributed by atoms with E-state index in [1.54, 1.807) is 36.9 Å². The summed E-state index contributed by atoms with van der Waals surface area (Å²) in [7, 11) is 1.75. The summed E-state index contributed by atoms with van der Waals surface area (Å²) in [4.78, 5) is 11.9. The minimum atomic E-state index is -0.459. The van der Waals surface area contributed by atoms with Gasteiger partial charge >= 0.3 is 5.97 Å². The summed E-state index contributed by atoms with van der Waals surface area (Å²) >= 11 is 9.36. The molecule has 0 aliphatic carbocycles. The molecule has 2 N–H and O–H groups in total. The van der Waals surface area contributed by atoms with Gasteiger partial charge in [-0.3, -0.25) is 4.68 Å². The predicted octanol–water partition coefficient (Wildman–Crippen LogP) is 3.08. The fourth-order valence-electron chi connectivity index (χ4n) is 1.72. The third-order valence-electron chi connectivity index (χ3n) is 2.83. The molecule has 0 saturated carbocycles. The Hall–Kier alpha value is -1.53. The van der Waals surface area contributed by atoms with Crippen molar-refractivity contribution in [2.75, 3.05) is 5.73 Å². The SMILES string of the molecule is Cc1nn(C)c(COC(=O)c2ccc(Br)c(N)c2)c1Cl.